The van der Waals surface area contributed by atoms with Gasteiger partial charge in [0, 0.05) is 40.0 Å². The van der Waals surface area contributed by atoms with E-state index in [1.165, 1.54) is 6.07 Å². The zero-order valence-corrected chi connectivity index (χ0v) is 16.4. The minimum absolute atomic E-state index is 0.00158. The minimum Gasteiger partial charge on any atom is -0.324 e. The van der Waals surface area contributed by atoms with E-state index in [0.717, 1.165) is 17.1 Å². The maximum Gasteiger partial charge on any atom is 0.274 e. The van der Waals surface area contributed by atoms with Crippen LogP contribution in [0.2, 0.25) is 0 Å². The van der Waals surface area contributed by atoms with E-state index in [-0.39, 0.29) is 11.6 Å². The molecule has 1 aromatic heterocycles. The summed E-state index contributed by atoms with van der Waals surface area (Å²) in [6, 6.07) is 13.4. The number of nitro benzene ring substituents is 1. The highest BCUT2D eigenvalue weighted by atomic mass is 16.6. The Morgan fingerprint density at radius 2 is 1.62 bits per heavy atom. The predicted octanol–water partition coefficient (Wildman–Crippen LogP) is 4.56. The third-order valence-electron chi connectivity index (χ3n) is 4.31. The number of hydrogen-bond acceptors (Lipinski definition) is 6. The lowest BCUT2D eigenvalue weighted by atomic mass is 10.1. The van der Waals surface area contributed by atoms with Crippen LogP contribution in [0.15, 0.2) is 48.5 Å². The van der Waals surface area contributed by atoms with Gasteiger partial charge < -0.3 is 10.6 Å². The molecule has 0 saturated carbocycles. The van der Waals surface area contributed by atoms with Gasteiger partial charge in [0.15, 0.2) is 0 Å². The van der Waals surface area contributed by atoms with Crippen LogP contribution >= 0.6 is 0 Å². The molecule has 1 heterocycles. The second kappa shape index (κ2) is 8.47. The summed E-state index contributed by atoms with van der Waals surface area (Å²) in [6.07, 6.45) is 0.545. The molecule has 0 saturated heterocycles. The van der Waals surface area contributed by atoms with Crippen molar-refractivity contribution in [3.8, 4) is 0 Å². The molecule has 8 heteroatoms. The van der Waals surface area contributed by atoms with Crippen molar-refractivity contribution >= 4 is 28.9 Å². The quantitative estimate of drug-likeness (QED) is 0.471. The maximum atomic E-state index is 12.5. The average molecular weight is 391 g/mol. The second-order valence-electron chi connectivity index (χ2n) is 6.58. The summed E-state index contributed by atoms with van der Waals surface area (Å²) in [5, 5.41) is 17.0. The van der Waals surface area contributed by atoms with Crippen LogP contribution in [0.4, 0.5) is 23.0 Å². The van der Waals surface area contributed by atoms with Gasteiger partial charge in [-0.1, -0.05) is 13.0 Å². The number of benzene rings is 2. The zero-order chi connectivity index (χ0) is 21.0. The highest BCUT2D eigenvalue weighted by Gasteiger charge is 2.15. The van der Waals surface area contributed by atoms with Crippen LogP contribution in [0, 0.1) is 24.0 Å². The van der Waals surface area contributed by atoms with Gasteiger partial charge in [-0.15, -0.1) is 0 Å². The van der Waals surface area contributed by atoms with Crippen molar-refractivity contribution in [2.45, 2.75) is 27.2 Å². The van der Waals surface area contributed by atoms with Crippen molar-refractivity contribution < 1.29 is 9.72 Å². The third kappa shape index (κ3) is 4.92. The standard InChI is InChI=1S/C21H21N5O3/c1-4-15-5-10-18(12-19(15)26(28)29)24-20(27)16-6-8-17(9-7-16)25-21-22-13(2)11-14(3)23-21/h5-12H,4H2,1-3H3,(H,24,27)(H,22,23,25). The van der Waals surface area contributed by atoms with Crippen LogP contribution in [-0.4, -0.2) is 20.8 Å². The normalized spacial score (nSPS) is 10.4. The molecule has 8 nitrogen and oxygen atoms in total. The molecule has 148 valence electrons. The summed E-state index contributed by atoms with van der Waals surface area (Å²) in [4.78, 5) is 31.9. The number of aromatic nitrogens is 2. The van der Waals surface area contributed by atoms with Gasteiger partial charge in [0.05, 0.1) is 4.92 Å². The number of aryl methyl sites for hydroxylation is 3. The highest BCUT2D eigenvalue weighted by molar-refractivity contribution is 6.04. The Morgan fingerprint density at radius 3 is 2.21 bits per heavy atom. The first-order valence-electron chi connectivity index (χ1n) is 9.13. The van der Waals surface area contributed by atoms with Gasteiger partial charge in [0.2, 0.25) is 5.95 Å². The Balaban J connectivity index is 1.72. The van der Waals surface area contributed by atoms with Gasteiger partial charge in [-0.3, -0.25) is 14.9 Å². The molecule has 3 aromatic rings. The van der Waals surface area contributed by atoms with E-state index in [2.05, 4.69) is 20.6 Å². The Labute approximate surface area is 168 Å². The molecule has 3 rings (SSSR count). The average Bonchev–Trinajstić information content (AvgIpc) is 2.67. The lowest BCUT2D eigenvalue weighted by Gasteiger charge is -2.09. The largest absolute Gasteiger partial charge is 0.324 e. The maximum absolute atomic E-state index is 12.5. The molecule has 0 aliphatic rings. The van der Waals surface area contributed by atoms with Gasteiger partial charge >= 0.3 is 0 Å². The molecule has 29 heavy (non-hydrogen) atoms. The van der Waals surface area contributed by atoms with Crippen LogP contribution in [0.25, 0.3) is 0 Å². The predicted molar refractivity (Wildman–Crippen MR) is 112 cm³/mol. The molecule has 2 N–H and O–H groups in total. The fourth-order valence-corrected chi connectivity index (χ4v) is 2.93. The first-order chi connectivity index (χ1) is 13.9. The number of rotatable bonds is 6. The second-order valence-corrected chi connectivity index (χ2v) is 6.58. The topological polar surface area (TPSA) is 110 Å². The summed E-state index contributed by atoms with van der Waals surface area (Å²) in [7, 11) is 0. The molecule has 0 atom stereocenters. The van der Waals surface area contributed by atoms with E-state index < -0.39 is 4.92 Å². The lowest BCUT2D eigenvalue weighted by molar-refractivity contribution is -0.385. The Hall–Kier alpha value is -3.81. The van der Waals surface area contributed by atoms with Crippen molar-refractivity contribution in [2.24, 2.45) is 0 Å². The van der Waals surface area contributed by atoms with Crippen LogP contribution < -0.4 is 10.6 Å². The molecule has 0 unspecified atom stereocenters. The van der Waals surface area contributed by atoms with Crippen molar-refractivity contribution in [3.05, 3.63) is 81.2 Å². The number of nitro groups is 1. The van der Waals surface area contributed by atoms with Crippen molar-refractivity contribution in [3.63, 3.8) is 0 Å². The fourth-order valence-electron chi connectivity index (χ4n) is 2.93. The number of nitrogens with zero attached hydrogens (tertiary/aromatic N) is 3. The summed E-state index contributed by atoms with van der Waals surface area (Å²) < 4.78 is 0. The first-order valence-corrected chi connectivity index (χ1v) is 9.13. The Bertz CT molecular complexity index is 1040. The van der Waals surface area contributed by atoms with E-state index in [1.807, 2.05) is 26.8 Å². The van der Waals surface area contributed by atoms with E-state index in [1.54, 1.807) is 36.4 Å². The van der Waals surface area contributed by atoms with Crippen LogP contribution in [0.1, 0.15) is 34.2 Å². The molecular formula is C21H21N5O3. The lowest BCUT2D eigenvalue weighted by Crippen LogP contribution is -2.12. The van der Waals surface area contributed by atoms with Gasteiger partial charge in [0.1, 0.15) is 0 Å². The molecule has 2 aromatic carbocycles. The van der Waals surface area contributed by atoms with Gasteiger partial charge in [0.25, 0.3) is 11.6 Å². The van der Waals surface area contributed by atoms with Crippen molar-refractivity contribution in [1.82, 2.24) is 9.97 Å². The summed E-state index contributed by atoms with van der Waals surface area (Å²) in [6.45, 7) is 5.63. The third-order valence-corrected chi connectivity index (χ3v) is 4.31. The van der Waals surface area contributed by atoms with E-state index in [9.17, 15) is 14.9 Å². The molecule has 0 radical (unpaired) electrons. The number of carbonyl (C=O) groups is 1. The Kier molecular flexibility index (Phi) is 5.82. The number of nitrogens with one attached hydrogen (secondary N) is 2. The molecule has 1 amide bonds. The van der Waals surface area contributed by atoms with Crippen molar-refractivity contribution in [2.75, 3.05) is 10.6 Å². The van der Waals surface area contributed by atoms with E-state index >= 15 is 0 Å². The molecule has 0 spiro atoms. The van der Waals surface area contributed by atoms with Gasteiger partial charge in [-0.05, 0) is 56.7 Å². The molecular weight excluding hydrogens is 370 g/mol. The Morgan fingerprint density at radius 1 is 1.00 bits per heavy atom. The van der Waals surface area contributed by atoms with Crippen molar-refractivity contribution in [1.29, 1.82) is 0 Å². The fraction of sp³-hybridized carbons (Fsp3) is 0.190. The number of carbonyl (C=O) groups excluding carboxylic acids is 1. The number of hydrogen-bond donors (Lipinski definition) is 2. The van der Waals surface area contributed by atoms with Gasteiger partial charge in [-0.25, -0.2) is 9.97 Å². The summed E-state index contributed by atoms with van der Waals surface area (Å²) in [5.41, 5.74) is 3.90. The number of anilines is 3. The van der Waals surface area contributed by atoms with E-state index in [0.29, 0.717) is 29.2 Å². The summed E-state index contributed by atoms with van der Waals surface area (Å²) in [5.74, 6) is 0.140. The van der Waals surface area contributed by atoms with Crippen LogP contribution in [-0.2, 0) is 6.42 Å². The SMILES string of the molecule is CCc1ccc(NC(=O)c2ccc(Nc3nc(C)cc(C)n3)cc2)cc1[N+](=O)[O-]. The number of amides is 1. The minimum atomic E-state index is -0.440. The monoisotopic (exact) mass is 391 g/mol. The van der Waals surface area contributed by atoms with Crippen LogP contribution in [0.3, 0.4) is 0 Å². The summed E-state index contributed by atoms with van der Waals surface area (Å²) >= 11 is 0. The molecule has 0 bridgehead atoms. The molecule has 0 aliphatic carbocycles. The highest BCUT2D eigenvalue weighted by Crippen LogP contribution is 2.24. The smallest absolute Gasteiger partial charge is 0.274 e. The van der Waals surface area contributed by atoms with E-state index in [4.69, 9.17) is 0 Å². The zero-order valence-electron chi connectivity index (χ0n) is 16.4. The molecule has 0 aliphatic heterocycles. The van der Waals surface area contributed by atoms with Crippen LogP contribution in [0.5, 0.6) is 0 Å². The first kappa shape index (κ1) is 19.9. The van der Waals surface area contributed by atoms with Gasteiger partial charge in [-0.2, -0.15) is 0 Å². The molecule has 0 fully saturated rings.